The molecule has 3 aliphatic rings. The number of aliphatic carboxylic acids is 1. The minimum atomic E-state index is -1.07. The van der Waals surface area contributed by atoms with Crippen LogP contribution >= 0.6 is 0 Å². The number of rotatable bonds is 4. The molecule has 22 heavy (non-hydrogen) atoms. The first-order valence-electron chi connectivity index (χ1n) is 7.95. The highest BCUT2D eigenvalue weighted by Gasteiger charge is 2.63. The molecule has 0 aromatic heterocycles. The van der Waals surface area contributed by atoms with Gasteiger partial charge in [0.15, 0.2) is 0 Å². The third-order valence-electron chi connectivity index (χ3n) is 5.11. The first-order valence-corrected chi connectivity index (χ1v) is 7.95. The monoisotopic (exact) mass is 307 g/mol. The van der Waals surface area contributed by atoms with E-state index in [1.165, 1.54) is 0 Å². The number of allylic oxidation sites excluding steroid dienone is 1. The van der Waals surface area contributed by atoms with Crippen molar-refractivity contribution in [2.24, 2.45) is 11.3 Å². The Morgan fingerprint density at radius 3 is 2.77 bits per heavy atom. The number of carbonyl (C=O) groups excluding carboxylic acids is 2. The summed E-state index contributed by atoms with van der Waals surface area (Å²) in [5.41, 5.74) is 0.853. The topological polar surface area (TPSA) is 83.9 Å². The number of hydrogen-bond acceptors (Lipinski definition) is 4. The molecule has 0 radical (unpaired) electrons. The third kappa shape index (κ3) is 1.96. The molecular formula is C16H21NO5. The number of nitrogens with zero attached hydrogens (tertiary/aromatic N) is 1. The van der Waals surface area contributed by atoms with Crippen molar-refractivity contribution in [1.82, 2.24) is 4.90 Å². The van der Waals surface area contributed by atoms with E-state index in [9.17, 15) is 19.5 Å². The summed E-state index contributed by atoms with van der Waals surface area (Å²) < 4.78 is 5.27. The zero-order valence-corrected chi connectivity index (χ0v) is 12.8. The van der Waals surface area contributed by atoms with Crippen LogP contribution in [0.3, 0.4) is 0 Å². The van der Waals surface area contributed by atoms with Gasteiger partial charge in [-0.25, -0.2) is 0 Å². The Morgan fingerprint density at radius 1 is 1.36 bits per heavy atom. The maximum atomic E-state index is 12.8. The quantitative estimate of drug-likeness (QED) is 0.799. The summed E-state index contributed by atoms with van der Waals surface area (Å²) in [6.45, 7) is 2.54. The van der Waals surface area contributed by atoms with Gasteiger partial charge in [-0.2, -0.15) is 0 Å². The fourth-order valence-corrected chi connectivity index (χ4v) is 4.37. The van der Waals surface area contributed by atoms with Gasteiger partial charge < -0.3 is 14.7 Å². The molecule has 6 nitrogen and oxygen atoms in total. The highest BCUT2D eigenvalue weighted by atomic mass is 16.5. The average Bonchev–Trinajstić information content (AvgIpc) is 2.73. The van der Waals surface area contributed by atoms with E-state index in [-0.39, 0.29) is 18.9 Å². The molecular weight excluding hydrogens is 286 g/mol. The van der Waals surface area contributed by atoms with E-state index < -0.39 is 23.3 Å². The zero-order chi connectivity index (χ0) is 15.9. The van der Waals surface area contributed by atoms with Crippen LogP contribution in [-0.2, 0) is 19.1 Å². The summed E-state index contributed by atoms with van der Waals surface area (Å²) in [4.78, 5) is 38.4. The maximum absolute atomic E-state index is 12.8. The lowest BCUT2D eigenvalue weighted by Gasteiger charge is -2.39. The van der Waals surface area contributed by atoms with Gasteiger partial charge in [0.05, 0.1) is 18.9 Å². The number of ether oxygens (including phenoxy) is 1. The smallest absolute Gasteiger partial charge is 0.318 e. The minimum Gasteiger partial charge on any atom is -0.481 e. The Labute approximate surface area is 129 Å². The number of esters is 1. The standard InChI is InChI=1S/C16H21NO5/c1-2-22-15(21)16-7-3-5-10-6-4-8-17(13(10)16)14(20)11(16)9-12(18)19/h11H,2-9H2,1H3,(H,18,19)/t11-,16-/m0/s1. The highest BCUT2D eigenvalue weighted by Crippen LogP contribution is 2.57. The molecule has 1 saturated heterocycles. The maximum Gasteiger partial charge on any atom is 0.318 e. The lowest BCUT2D eigenvalue weighted by Crippen LogP contribution is -2.43. The minimum absolute atomic E-state index is 0.218. The van der Waals surface area contributed by atoms with Crippen LogP contribution in [-0.4, -0.2) is 41.0 Å². The molecule has 1 N–H and O–H groups in total. The lowest BCUT2D eigenvalue weighted by molar-refractivity contribution is -0.159. The van der Waals surface area contributed by atoms with Crippen molar-refractivity contribution in [2.75, 3.05) is 13.2 Å². The number of carboxylic acid groups (broad SMARTS) is 1. The predicted molar refractivity (Wildman–Crippen MR) is 76.6 cm³/mol. The average molecular weight is 307 g/mol. The van der Waals surface area contributed by atoms with Crippen molar-refractivity contribution >= 4 is 17.8 Å². The number of carboxylic acids is 1. The largest absolute Gasteiger partial charge is 0.481 e. The Morgan fingerprint density at radius 2 is 2.09 bits per heavy atom. The summed E-state index contributed by atoms with van der Waals surface area (Å²) in [5.74, 6) is -2.52. The molecule has 1 fully saturated rings. The second-order valence-electron chi connectivity index (χ2n) is 6.24. The molecule has 1 aliphatic carbocycles. The van der Waals surface area contributed by atoms with E-state index in [4.69, 9.17) is 4.74 Å². The van der Waals surface area contributed by atoms with Gasteiger partial charge in [0.25, 0.3) is 0 Å². The van der Waals surface area contributed by atoms with Crippen LogP contribution < -0.4 is 0 Å². The van der Waals surface area contributed by atoms with Crippen LogP contribution in [0, 0.1) is 11.3 Å². The Balaban J connectivity index is 2.14. The van der Waals surface area contributed by atoms with Gasteiger partial charge in [0, 0.05) is 12.2 Å². The Kier molecular flexibility index (Phi) is 3.70. The molecule has 1 amide bonds. The summed E-state index contributed by atoms with van der Waals surface area (Å²) in [6, 6.07) is 0. The van der Waals surface area contributed by atoms with Crippen LogP contribution in [0.2, 0.25) is 0 Å². The fraction of sp³-hybridized carbons (Fsp3) is 0.688. The molecule has 0 aromatic carbocycles. The van der Waals surface area contributed by atoms with Gasteiger partial charge in [0.2, 0.25) is 5.91 Å². The van der Waals surface area contributed by atoms with E-state index >= 15 is 0 Å². The first kappa shape index (κ1) is 15.1. The molecule has 0 bridgehead atoms. The van der Waals surface area contributed by atoms with Gasteiger partial charge in [-0.05, 0) is 44.6 Å². The van der Waals surface area contributed by atoms with Crippen molar-refractivity contribution in [3.05, 3.63) is 11.3 Å². The van der Waals surface area contributed by atoms with Crippen molar-refractivity contribution in [3.8, 4) is 0 Å². The van der Waals surface area contributed by atoms with Crippen molar-refractivity contribution < 1.29 is 24.2 Å². The predicted octanol–water partition coefficient (Wildman–Crippen LogP) is 1.70. The van der Waals surface area contributed by atoms with Crippen LogP contribution in [0.1, 0.15) is 45.4 Å². The SMILES string of the molecule is CCOC(=O)[C@]12CCCC3=C1N(CCC3)C(=O)[C@@H]2CC(=O)O. The Bertz CT molecular complexity index is 563. The third-order valence-corrected chi connectivity index (χ3v) is 5.11. The molecule has 0 aromatic rings. The van der Waals surface area contributed by atoms with Crippen molar-refractivity contribution in [2.45, 2.75) is 45.4 Å². The van der Waals surface area contributed by atoms with Crippen LogP contribution in [0.4, 0.5) is 0 Å². The molecule has 0 unspecified atom stereocenters. The molecule has 2 heterocycles. The first-order chi connectivity index (χ1) is 10.5. The molecule has 2 aliphatic heterocycles. The summed E-state index contributed by atoms with van der Waals surface area (Å²) >= 11 is 0. The van der Waals surface area contributed by atoms with Crippen molar-refractivity contribution in [1.29, 1.82) is 0 Å². The second kappa shape index (κ2) is 5.41. The molecule has 0 saturated carbocycles. The molecule has 3 rings (SSSR count). The van der Waals surface area contributed by atoms with Gasteiger partial charge in [0.1, 0.15) is 5.41 Å². The highest BCUT2D eigenvalue weighted by molar-refractivity contribution is 5.98. The van der Waals surface area contributed by atoms with Gasteiger partial charge in [-0.1, -0.05) is 0 Å². The summed E-state index contributed by atoms with van der Waals surface area (Å²) in [6.07, 6.45) is 3.65. The zero-order valence-electron chi connectivity index (χ0n) is 12.8. The van der Waals surface area contributed by atoms with Gasteiger partial charge in [-0.3, -0.25) is 14.4 Å². The molecule has 6 heteroatoms. The fourth-order valence-electron chi connectivity index (χ4n) is 4.37. The number of hydrogen-bond donors (Lipinski definition) is 1. The van der Waals surface area contributed by atoms with Crippen LogP contribution in [0.5, 0.6) is 0 Å². The van der Waals surface area contributed by atoms with Crippen LogP contribution in [0.25, 0.3) is 0 Å². The Hall–Kier alpha value is -1.85. The second-order valence-corrected chi connectivity index (χ2v) is 6.24. The van der Waals surface area contributed by atoms with Gasteiger partial charge >= 0.3 is 11.9 Å². The summed E-state index contributed by atoms with van der Waals surface area (Å²) in [5, 5.41) is 9.21. The van der Waals surface area contributed by atoms with E-state index in [1.807, 2.05) is 0 Å². The lowest BCUT2D eigenvalue weighted by atomic mass is 9.66. The molecule has 120 valence electrons. The normalized spacial score (nSPS) is 30.3. The van der Waals surface area contributed by atoms with E-state index in [0.29, 0.717) is 13.0 Å². The van der Waals surface area contributed by atoms with Crippen molar-refractivity contribution in [3.63, 3.8) is 0 Å². The van der Waals surface area contributed by atoms with Crippen LogP contribution in [0.15, 0.2) is 11.3 Å². The molecule has 0 spiro atoms. The van der Waals surface area contributed by atoms with E-state index in [1.54, 1.807) is 11.8 Å². The number of amides is 1. The van der Waals surface area contributed by atoms with Gasteiger partial charge in [-0.15, -0.1) is 0 Å². The van der Waals surface area contributed by atoms with E-state index in [2.05, 4.69) is 0 Å². The van der Waals surface area contributed by atoms with E-state index in [0.717, 1.165) is 37.0 Å². The summed E-state index contributed by atoms with van der Waals surface area (Å²) in [7, 11) is 0. The number of carbonyl (C=O) groups is 3. The molecule has 2 atom stereocenters.